The van der Waals surface area contributed by atoms with Crippen LogP contribution in [0, 0.1) is 5.82 Å². The smallest absolute Gasteiger partial charge is 0.187 e. The number of carbonyl (C=O) groups is 2. The van der Waals surface area contributed by atoms with Gasteiger partial charge in [-0.2, -0.15) is 0 Å². The highest BCUT2D eigenvalue weighted by molar-refractivity contribution is 9.10. The second-order valence-electron chi connectivity index (χ2n) is 6.50. The molecule has 0 unspecified atom stereocenters. The first-order valence-electron chi connectivity index (χ1n) is 8.46. The minimum absolute atomic E-state index is 0.0226. The third-order valence-electron chi connectivity index (χ3n) is 4.94. The van der Waals surface area contributed by atoms with E-state index < -0.39 is 11.7 Å². The van der Waals surface area contributed by atoms with Crippen molar-refractivity contribution in [2.24, 2.45) is 0 Å². The molecule has 3 heterocycles. The molecule has 0 radical (unpaired) electrons. The van der Waals surface area contributed by atoms with Gasteiger partial charge < -0.3 is 14.8 Å². The first-order valence-corrected chi connectivity index (χ1v) is 9.25. The van der Waals surface area contributed by atoms with Crippen molar-refractivity contribution in [1.82, 2.24) is 5.32 Å². The van der Waals surface area contributed by atoms with E-state index in [1.165, 1.54) is 6.07 Å². The van der Waals surface area contributed by atoms with E-state index >= 15 is 0 Å². The number of benzene rings is 1. The second-order valence-corrected chi connectivity index (χ2v) is 7.35. The molecule has 136 valence electrons. The number of rotatable bonds is 2. The summed E-state index contributed by atoms with van der Waals surface area (Å²) in [4.78, 5) is 25.4. The number of dihydropyridines is 1. The van der Waals surface area contributed by atoms with Crippen molar-refractivity contribution >= 4 is 27.5 Å². The van der Waals surface area contributed by atoms with Crippen LogP contribution < -0.4 is 5.32 Å². The zero-order valence-corrected chi connectivity index (χ0v) is 15.7. The van der Waals surface area contributed by atoms with Crippen LogP contribution in [0.4, 0.5) is 4.39 Å². The molecule has 0 aliphatic carbocycles. The molecule has 5 nitrogen and oxygen atoms in total. The maximum atomic E-state index is 13.7. The van der Waals surface area contributed by atoms with Crippen molar-refractivity contribution in [3.05, 3.63) is 56.6 Å². The first kappa shape index (κ1) is 17.6. The number of Topliss-reactive ketones (excluding diaryl/α,β-unsaturated/α-hetero) is 2. The normalized spacial score (nSPS) is 25.8. The lowest BCUT2D eigenvalue weighted by atomic mass is 9.75. The molecule has 0 bridgehead atoms. The molecule has 4 rings (SSSR count). The van der Waals surface area contributed by atoms with Crippen LogP contribution in [0.2, 0.25) is 0 Å². The molecule has 1 N–H and O–H groups in total. The van der Waals surface area contributed by atoms with Gasteiger partial charge in [-0.15, -0.1) is 0 Å². The van der Waals surface area contributed by atoms with Gasteiger partial charge in [0.05, 0.1) is 22.9 Å². The maximum absolute atomic E-state index is 13.7. The summed E-state index contributed by atoms with van der Waals surface area (Å²) >= 11 is 3.20. The summed E-state index contributed by atoms with van der Waals surface area (Å²) in [6, 6.07) is 4.59. The summed E-state index contributed by atoms with van der Waals surface area (Å²) in [6.45, 7) is 2.19. The van der Waals surface area contributed by atoms with E-state index in [2.05, 4.69) is 21.2 Å². The highest BCUT2D eigenvalue weighted by Gasteiger charge is 2.43. The minimum Gasteiger partial charge on any atom is -0.367 e. The van der Waals surface area contributed by atoms with E-state index in [4.69, 9.17) is 9.47 Å². The fourth-order valence-electron chi connectivity index (χ4n) is 3.79. The third-order valence-corrected chi connectivity index (χ3v) is 5.55. The fourth-order valence-corrected chi connectivity index (χ4v) is 4.18. The Morgan fingerprint density at radius 2 is 1.96 bits per heavy atom. The van der Waals surface area contributed by atoms with Crippen LogP contribution in [-0.2, 0) is 19.1 Å². The topological polar surface area (TPSA) is 64.6 Å². The van der Waals surface area contributed by atoms with Crippen LogP contribution in [0.5, 0.6) is 0 Å². The molecule has 7 heteroatoms. The van der Waals surface area contributed by atoms with E-state index in [0.717, 1.165) is 0 Å². The van der Waals surface area contributed by atoms with Gasteiger partial charge >= 0.3 is 0 Å². The van der Waals surface area contributed by atoms with E-state index in [1.54, 1.807) is 12.1 Å². The summed E-state index contributed by atoms with van der Waals surface area (Å²) in [5, 5.41) is 3.23. The Hall–Kier alpha value is -1.83. The van der Waals surface area contributed by atoms with Gasteiger partial charge in [0.1, 0.15) is 19.0 Å². The zero-order valence-electron chi connectivity index (χ0n) is 14.1. The van der Waals surface area contributed by atoms with Gasteiger partial charge in [0.25, 0.3) is 0 Å². The Kier molecular flexibility index (Phi) is 4.54. The molecule has 0 saturated carbocycles. The summed E-state index contributed by atoms with van der Waals surface area (Å²) < 4.78 is 25.1. The molecule has 0 aromatic heterocycles. The van der Waals surface area contributed by atoms with Crippen LogP contribution in [0.25, 0.3) is 0 Å². The lowest BCUT2D eigenvalue weighted by Crippen LogP contribution is -2.45. The van der Waals surface area contributed by atoms with Crippen molar-refractivity contribution in [3.8, 4) is 0 Å². The molecule has 0 spiro atoms. The number of ketones is 2. The Bertz CT molecular complexity index is 876. The average molecular weight is 422 g/mol. The number of ether oxygens (including phenoxy) is 2. The van der Waals surface area contributed by atoms with Gasteiger partial charge in [0, 0.05) is 22.8 Å². The Balaban J connectivity index is 1.94. The maximum Gasteiger partial charge on any atom is 0.187 e. The summed E-state index contributed by atoms with van der Waals surface area (Å²) in [5.41, 5.74) is 3.10. The van der Waals surface area contributed by atoms with Crippen LogP contribution in [0.15, 0.2) is 45.2 Å². The summed E-state index contributed by atoms with van der Waals surface area (Å²) in [6.07, 6.45) is 0.441. The van der Waals surface area contributed by atoms with Crippen LogP contribution in [0.3, 0.4) is 0 Å². The SMILES string of the molecule is CC[C@H]1OCC(=O)C2=C1NC1=C(C(=O)COC1)[C@H]2c1ccc(F)c(Br)c1. The van der Waals surface area contributed by atoms with Crippen LogP contribution in [0.1, 0.15) is 24.8 Å². The molecule has 1 aromatic carbocycles. The largest absolute Gasteiger partial charge is 0.367 e. The Morgan fingerprint density at radius 1 is 1.19 bits per heavy atom. The molecule has 3 aliphatic rings. The molecule has 1 aromatic rings. The van der Waals surface area contributed by atoms with Gasteiger partial charge in [0.2, 0.25) is 0 Å². The van der Waals surface area contributed by atoms with Gasteiger partial charge in [-0.1, -0.05) is 13.0 Å². The van der Waals surface area contributed by atoms with Gasteiger partial charge in [0.15, 0.2) is 11.6 Å². The lowest BCUT2D eigenvalue weighted by molar-refractivity contribution is -0.124. The molecule has 0 fully saturated rings. The Labute approximate surface area is 158 Å². The number of halogens is 2. The molecule has 2 atom stereocenters. The standard InChI is InChI=1S/C19H17BrFNO4/c1-2-15-19-18(14(24)8-26-15)16(9-3-4-11(21)10(20)5-9)17-12(22-19)6-25-7-13(17)23/h3-5,15-16,22H,2,6-8H2,1H3/t15-,16-/m1/s1. The molecular formula is C19H17BrFNO4. The van der Waals surface area contributed by atoms with Gasteiger partial charge in [-0.3, -0.25) is 9.59 Å². The van der Waals surface area contributed by atoms with Crippen LogP contribution >= 0.6 is 15.9 Å². The van der Waals surface area contributed by atoms with E-state index in [9.17, 15) is 14.0 Å². The minimum atomic E-state index is -0.542. The fraction of sp³-hybridized carbons (Fsp3) is 0.368. The van der Waals surface area contributed by atoms with Crippen LogP contribution in [-0.4, -0.2) is 37.5 Å². The number of hydrogen-bond acceptors (Lipinski definition) is 5. The van der Waals surface area contributed by atoms with Crippen molar-refractivity contribution < 1.29 is 23.5 Å². The molecule has 0 amide bonds. The van der Waals surface area contributed by atoms with Crippen molar-refractivity contribution in [2.45, 2.75) is 25.4 Å². The molecule has 0 saturated heterocycles. The monoisotopic (exact) mass is 421 g/mol. The molecule has 26 heavy (non-hydrogen) atoms. The van der Waals surface area contributed by atoms with Crippen molar-refractivity contribution in [3.63, 3.8) is 0 Å². The number of hydrogen-bond donors (Lipinski definition) is 1. The number of nitrogens with one attached hydrogen (secondary N) is 1. The van der Waals surface area contributed by atoms with Crippen molar-refractivity contribution in [1.29, 1.82) is 0 Å². The van der Waals surface area contributed by atoms with E-state index in [-0.39, 0.29) is 37.5 Å². The zero-order chi connectivity index (χ0) is 18.4. The third kappa shape index (κ3) is 2.74. The molecular weight excluding hydrogens is 405 g/mol. The first-order chi connectivity index (χ1) is 12.5. The van der Waals surface area contributed by atoms with E-state index in [1.807, 2.05) is 6.92 Å². The highest BCUT2D eigenvalue weighted by atomic mass is 79.9. The number of carbonyl (C=O) groups excluding carboxylic acids is 2. The molecule has 3 aliphatic heterocycles. The van der Waals surface area contributed by atoms with E-state index in [0.29, 0.717) is 39.0 Å². The second kappa shape index (κ2) is 6.72. The predicted octanol–water partition coefficient (Wildman–Crippen LogP) is 2.76. The van der Waals surface area contributed by atoms with Gasteiger partial charge in [-0.25, -0.2) is 4.39 Å². The highest BCUT2D eigenvalue weighted by Crippen LogP contribution is 2.43. The van der Waals surface area contributed by atoms with Crippen molar-refractivity contribution in [2.75, 3.05) is 19.8 Å². The lowest BCUT2D eigenvalue weighted by Gasteiger charge is -2.39. The van der Waals surface area contributed by atoms with Gasteiger partial charge in [-0.05, 0) is 40.0 Å². The summed E-state index contributed by atoms with van der Waals surface area (Å²) in [5.74, 6) is -1.26. The average Bonchev–Trinajstić information content (AvgIpc) is 2.63. The predicted molar refractivity (Wildman–Crippen MR) is 94.9 cm³/mol. The summed E-state index contributed by atoms with van der Waals surface area (Å²) in [7, 11) is 0. The Morgan fingerprint density at radius 3 is 2.69 bits per heavy atom. The quantitative estimate of drug-likeness (QED) is 0.795.